The molecule has 0 amide bonds. The summed E-state index contributed by atoms with van der Waals surface area (Å²) in [5.74, 6) is 1.13. The topological polar surface area (TPSA) is 98.0 Å². The van der Waals surface area contributed by atoms with E-state index in [-0.39, 0.29) is 6.61 Å². The summed E-state index contributed by atoms with van der Waals surface area (Å²) in [4.78, 5) is 4.28. The summed E-state index contributed by atoms with van der Waals surface area (Å²) in [5.41, 5.74) is 7.21. The van der Waals surface area contributed by atoms with E-state index < -0.39 is 30.5 Å². The van der Waals surface area contributed by atoms with Gasteiger partial charge in [0.25, 0.3) is 0 Å². The van der Waals surface area contributed by atoms with Crippen LogP contribution in [0.1, 0.15) is 50.9 Å². The first-order chi connectivity index (χ1) is 29.1. The normalized spacial score (nSPS) is 19.1. The van der Waals surface area contributed by atoms with Crippen LogP contribution in [0.25, 0.3) is 11.6 Å². The zero-order valence-electron chi connectivity index (χ0n) is 32.8. The summed E-state index contributed by atoms with van der Waals surface area (Å²) in [6.07, 6.45) is -0.729. The first kappa shape index (κ1) is 40.3. The Labute approximate surface area is 349 Å². The molecule has 0 unspecified atom stereocenters. The zero-order valence-corrected chi connectivity index (χ0v) is 33.6. The molecule has 5 aromatic carbocycles. The van der Waals surface area contributed by atoms with Crippen molar-refractivity contribution in [3.05, 3.63) is 208 Å². The van der Waals surface area contributed by atoms with E-state index in [4.69, 9.17) is 39.7 Å². The van der Waals surface area contributed by atoms with E-state index in [9.17, 15) is 0 Å². The fraction of sp³-hybridized carbons (Fsp3) is 0.245. The second kappa shape index (κ2) is 20.0. The Morgan fingerprint density at radius 3 is 1.69 bits per heavy atom. The highest BCUT2D eigenvalue weighted by molar-refractivity contribution is 6.31. The number of halogens is 1. The van der Waals surface area contributed by atoms with Crippen LogP contribution in [0.4, 0.5) is 0 Å². The quantitative estimate of drug-likeness (QED) is 0.0891. The maximum atomic E-state index is 7.16. The third-order valence-corrected chi connectivity index (χ3v) is 10.6. The Bertz CT molecular complexity index is 2330. The molecule has 8 rings (SSSR count). The van der Waals surface area contributed by atoms with Gasteiger partial charge < -0.3 is 28.1 Å². The number of nitrogens with zero attached hydrogens (tertiary/aromatic N) is 3. The molecule has 9 nitrogen and oxygen atoms in total. The number of benzene rings is 5. The zero-order chi connectivity index (χ0) is 40.2. The Hall–Kier alpha value is -5.52. The molecule has 0 aliphatic carbocycles. The van der Waals surface area contributed by atoms with Crippen LogP contribution in [0.15, 0.2) is 162 Å². The lowest BCUT2D eigenvalue weighted by molar-refractivity contribution is -0.275. The van der Waals surface area contributed by atoms with Gasteiger partial charge in [-0.05, 0) is 58.5 Å². The van der Waals surface area contributed by atoms with E-state index in [0.29, 0.717) is 55.2 Å². The molecule has 0 bridgehead atoms. The van der Waals surface area contributed by atoms with Gasteiger partial charge in [-0.3, -0.25) is 0 Å². The minimum atomic E-state index is -0.595. The molecule has 300 valence electrons. The summed E-state index contributed by atoms with van der Waals surface area (Å²) in [5, 5.41) is 9.49. The van der Waals surface area contributed by atoms with Crippen molar-refractivity contribution in [1.82, 2.24) is 15.2 Å². The van der Waals surface area contributed by atoms with Crippen molar-refractivity contribution >= 4 is 11.6 Å². The molecular weight excluding hydrogens is 762 g/mol. The van der Waals surface area contributed by atoms with Gasteiger partial charge in [-0.25, -0.2) is 4.98 Å². The number of aromatic nitrogens is 3. The summed E-state index contributed by atoms with van der Waals surface area (Å²) in [7, 11) is 0. The Kier molecular flexibility index (Phi) is 13.6. The average Bonchev–Trinajstić information content (AvgIpc) is 3.73. The minimum absolute atomic E-state index is 0.258. The predicted molar refractivity (Wildman–Crippen MR) is 225 cm³/mol. The van der Waals surface area contributed by atoms with E-state index in [0.717, 1.165) is 39.1 Å². The van der Waals surface area contributed by atoms with E-state index in [1.54, 1.807) is 6.20 Å². The largest absolute Gasteiger partial charge is 0.440 e. The van der Waals surface area contributed by atoms with Crippen molar-refractivity contribution in [3.63, 3.8) is 0 Å². The van der Waals surface area contributed by atoms with E-state index in [1.807, 2.05) is 104 Å². The van der Waals surface area contributed by atoms with Gasteiger partial charge in [0.05, 0.1) is 44.9 Å². The summed E-state index contributed by atoms with van der Waals surface area (Å²) in [6, 6.07) is 50.3. The highest BCUT2D eigenvalue weighted by Crippen LogP contribution is 2.40. The molecule has 0 saturated carbocycles. The van der Waals surface area contributed by atoms with Gasteiger partial charge in [0, 0.05) is 11.4 Å². The van der Waals surface area contributed by atoms with Crippen molar-refractivity contribution in [2.24, 2.45) is 0 Å². The van der Waals surface area contributed by atoms with Crippen LogP contribution >= 0.6 is 11.6 Å². The fourth-order valence-electron chi connectivity index (χ4n) is 7.20. The second-order valence-electron chi connectivity index (χ2n) is 14.6. The molecule has 3 heterocycles. The van der Waals surface area contributed by atoms with Crippen molar-refractivity contribution in [3.8, 4) is 11.6 Å². The van der Waals surface area contributed by atoms with Crippen molar-refractivity contribution in [2.45, 2.75) is 70.3 Å². The third-order valence-electron chi connectivity index (χ3n) is 10.2. The molecule has 10 heteroatoms. The van der Waals surface area contributed by atoms with E-state index in [2.05, 4.69) is 69.8 Å². The number of oxazole rings is 1. The van der Waals surface area contributed by atoms with E-state index >= 15 is 0 Å². The molecule has 1 saturated heterocycles. The van der Waals surface area contributed by atoms with Crippen LogP contribution in [0.3, 0.4) is 0 Å². The van der Waals surface area contributed by atoms with Crippen LogP contribution in [-0.2, 0) is 56.5 Å². The maximum absolute atomic E-state index is 7.16. The van der Waals surface area contributed by atoms with Gasteiger partial charge in [0.15, 0.2) is 0 Å². The SMILES string of the molecule is Cc1cnc(-c2ccc(Cc3cc([C@@H]4O[C@H](COCc5ccccc5)[C@@H](OCc5ccccc5)[C@H](OCc5ccccc5)[C@H]4OCc4ccccc4)ccc3Cl)nn2)o1. The first-order valence-corrected chi connectivity index (χ1v) is 20.2. The van der Waals surface area contributed by atoms with Gasteiger partial charge in [0.1, 0.15) is 42.0 Å². The maximum Gasteiger partial charge on any atom is 0.247 e. The first-order valence-electron chi connectivity index (χ1n) is 19.8. The van der Waals surface area contributed by atoms with Gasteiger partial charge in [0.2, 0.25) is 5.89 Å². The van der Waals surface area contributed by atoms with Crippen molar-refractivity contribution < 1.29 is 28.1 Å². The summed E-state index contributed by atoms with van der Waals surface area (Å²) in [6.45, 7) is 3.56. The number of aryl methyl sites for hydroxylation is 1. The summed E-state index contributed by atoms with van der Waals surface area (Å²) < 4.78 is 40.0. The predicted octanol–water partition coefficient (Wildman–Crippen LogP) is 10.1. The Balaban J connectivity index is 1.14. The molecule has 0 radical (unpaired) electrons. The highest BCUT2D eigenvalue weighted by atomic mass is 35.5. The lowest BCUT2D eigenvalue weighted by Gasteiger charge is -2.46. The number of rotatable bonds is 17. The molecule has 2 aromatic heterocycles. The Morgan fingerprint density at radius 2 is 1.15 bits per heavy atom. The van der Waals surface area contributed by atoms with Gasteiger partial charge in [-0.1, -0.05) is 145 Å². The van der Waals surface area contributed by atoms with Crippen LogP contribution in [0.5, 0.6) is 0 Å². The number of ether oxygens (including phenoxy) is 5. The highest BCUT2D eigenvalue weighted by Gasteiger charge is 2.49. The smallest absolute Gasteiger partial charge is 0.247 e. The van der Waals surface area contributed by atoms with Crippen molar-refractivity contribution in [1.29, 1.82) is 0 Å². The number of hydrogen-bond donors (Lipinski definition) is 0. The Morgan fingerprint density at radius 1 is 0.593 bits per heavy atom. The van der Waals surface area contributed by atoms with E-state index in [1.165, 1.54) is 0 Å². The molecule has 0 spiro atoms. The molecule has 1 fully saturated rings. The molecule has 59 heavy (non-hydrogen) atoms. The second-order valence-corrected chi connectivity index (χ2v) is 15.0. The lowest BCUT2D eigenvalue weighted by Crippen LogP contribution is -2.58. The molecule has 0 N–H and O–H groups in total. The fourth-order valence-corrected chi connectivity index (χ4v) is 7.39. The summed E-state index contributed by atoms with van der Waals surface area (Å²) >= 11 is 6.91. The molecular formula is C49H46ClN3O6. The van der Waals surface area contributed by atoms with Crippen LogP contribution in [0.2, 0.25) is 5.02 Å². The van der Waals surface area contributed by atoms with Crippen molar-refractivity contribution in [2.75, 3.05) is 6.61 Å². The van der Waals surface area contributed by atoms with Crippen LogP contribution < -0.4 is 0 Å². The average molecular weight is 808 g/mol. The molecule has 1 aliphatic heterocycles. The van der Waals surface area contributed by atoms with Gasteiger partial charge in [-0.15, -0.1) is 5.10 Å². The van der Waals surface area contributed by atoms with Crippen LogP contribution in [0, 0.1) is 6.92 Å². The standard InChI is InChI=1S/C49H46ClN3O6/c1-34-28-51-49(58-34)43-25-23-41(52-53-43)27-40-26-39(22-24-42(40)50)45-47(56-31-37-18-10-4-11-19-37)48(57-32-38-20-12-5-13-21-38)46(55-30-36-16-8-3-9-17-36)44(59-45)33-54-29-35-14-6-2-7-15-35/h2-26,28,44-48H,27,29-33H2,1H3/t44-,45+,46-,47+,48+/m1/s1. The monoisotopic (exact) mass is 807 g/mol. The lowest BCUT2D eigenvalue weighted by atomic mass is 9.89. The van der Waals surface area contributed by atoms with Gasteiger partial charge in [-0.2, -0.15) is 5.10 Å². The molecule has 5 atom stereocenters. The van der Waals surface area contributed by atoms with Crippen LogP contribution in [-0.4, -0.2) is 46.2 Å². The van der Waals surface area contributed by atoms with Gasteiger partial charge >= 0.3 is 0 Å². The number of hydrogen-bond acceptors (Lipinski definition) is 9. The molecule has 1 aliphatic rings. The minimum Gasteiger partial charge on any atom is -0.440 e. The third kappa shape index (κ3) is 10.8. The molecule has 7 aromatic rings.